The van der Waals surface area contributed by atoms with Crippen molar-refractivity contribution >= 4 is 5.78 Å². The minimum Gasteiger partial charge on any atom is -0.477 e. The van der Waals surface area contributed by atoms with E-state index in [1.54, 1.807) is 0 Å². The highest BCUT2D eigenvalue weighted by atomic mass is 19.4. The molecule has 1 heterocycles. The summed E-state index contributed by atoms with van der Waals surface area (Å²) < 4.78 is 40.4. The van der Waals surface area contributed by atoms with Gasteiger partial charge in [0.05, 0.1) is 18.6 Å². The molecule has 16 heavy (non-hydrogen) atoms. The number of ketones is 1. The third-order valence-corrected chi connectivity index (χ3v) is 1.77. The molecule has 1 aromatic heterocycles. The molecule has 0 fully saturated rings. The number of nitrogens with zero attached hydrogens (tertiary/aromatic N) is 1. The average Bonchev–Trinajstić information content (AvgIpc) is 2.16. The fourth-order valence-electron chi connectivity index (χ4n) is 1.04. The molecule has 1 rings (SSSR count). The predicted octanol–water partition coefficient (Wildman–Crippen LogP) is 2.62. The first-order valence-corrected chi connectivity index (χ1v) is 4.55. The van der Waals surface area contributed by atoms with Gasteiger partial charge in [0.15, 0.2) is 5.78 Å². The van der Waals surface area contributed by atoms with Crippen LogP contribution in [-0.4, -0.2) is 23.6 Å². The van der Waals surface area contributed by atoms with Gasteiger partial charge >= 0.3 is 6.18 Å². The van der Waals surface area contributed by atoms with Crippen molar-refractivity contribution in [1.82, 2.24) is 4.98 Å². The Morgan fingerprint density at radius 2 is 2.19 bits per heavy atom. The van der Waals surface area contributed by atoms with Crippen LogP contribution in [0.3, 0.4) is 0 Å². The summed E-state index contributed by atoms with van der Waals surface area (Å²) in [5.41, 5.74) is 0.185. The Bertz CT molecular complexity index is 377. The number of alkyl halides is 3. The molecule has 0 unspecified atom stereocenters. The van der Waals surface area contributed by atoms with Crippen LogP contribution in [0.4, 0.5) is 13.2 Å². The Hall–Kier alpha value is -1.59. The van der Waals surface area contributed by atoms with Gasteiger partial charge in [0.1, 0.15) is 0 Å². The molecule has 0 saturated carbocycles. The molecule has 6 heteroatoms. The van der Waals surface area contributed by atoms with Crippen LogP contribution in [0.5, 0.6) is 5.88 Å². The van der Waals surface area contributed by atoms with Crippen LogP contribution in [0.2, 0.25) is 0 Å². The van der Waals surface area contributed by atoms with Gasteiger partial charge in [-0.3, -0.25) is 4.79 Å². The number of carbonyl (C=O) groups excluding carboxylic acids is 1. The predicted molar refractivity (Wildman–Crippen MR) is 50.4 cm³/mol. The smallest absolute Gasteiger partial charge is 0.392 e. The van der Waals surface area contributed by atoms with Gasteiger partial charge in [-0.2, -0.15) is 13.2 Å². The minimum atomic E-state index is -4.27. The van der Waals surface area contributed by atoms with E-state index in [0.29, 0.717) is 0 Å². The average molecular weight is 233 g/mol. The van der Waals surface area contributed by atoms with Crippen LogP contribution in [0.1, 0.15) is 23.7 Å². The van der Waals surface area contributed by atoms with Crippen molar-refractivity contribution < 1.29 is 22.7 Å². The number of aromatic nitrogens is 1. The summed E-state index contributed by atoms with van der Waals surface area (Å²) in [4.78, 5) is 14.8. The van der Waals surface area contributed by atoms with Crippen molar-refractivity contribution in [3.63, 3.8) is 0 Å². The van der Waals surface area contributed by atoms with Gasteiger partial charge in [0.25, 0.3) is 0 Å². The van der Waals surface area contributed by atoms with E-state index in [0.717, 1.165) is 0 Å². The molecule has 0 aliphatic carbocycles. The van der Waals surface area contributed by atoms with Crippen LogP contribution in [0.15, 0.2) is 18.3 Å². The summed E-state index contributed by atoms with van der Waals surface area (Å²) in [7, 11) is 0. The van der Waals surface area contributed by atoms with Crippen molar-refractivity contribution in [3.8, 4) is 5.88 Å². The Balaban J connectivity index is 2.64. The summed E-state index contributed by atoms with van der Waals surface area (Å²) in [6, 6.07) is 2.98. The third-order valence-electron chi connectivity index (χ3n) is 1.77. The van der Waals surface area contributed by atoms with E-state index >= 15 is 0 Å². The Kier molecular flexibility index (Phi) is 3.87. The maximum atomic E-state index is 11.9. The number of halogens is 3. The molecule has 0 aromatic carbocycles. The molecular formula is C10H10F3NO2. The van der Waals surface area contributed by atoms with E-state index in [1.165, 1.54) is 25.3 Å². The molecule has 0 atom stereocenters. The van der Waals surface area contributed by atoms with Crippen molar-refractivity contribution in [1.29, 1.82) is 0 Å². The molecule has 0 radical (unpaired) electrons. The summed E-state index contributed by atoms with van der Waals surface area (Å²) >= 11 is 0. The molecule has 0 N–H and O–H groups in total. The number of carbonyl (C=O) groups is 1. The topological polar surface area (TPSA) is 39.2 Å². The zero-order chi connectivity index (χ0) is 12.2. The third kappa shape index (κ3) is 3.88. The first-order chi connectivity index (χ1) is 7.40. The Morgan fingerprint density at radius 3 is 2.75 bits per heavy atom. The lowest BCUT2D eigenvalue weighted by Crippen LogP contribution is -2.14. The second-order valence-electron chi connectivity index (χ2n) is 3.13. The molecule has 1 aromatic rings. The van der Waals surface area contributed by atoms with Crippen LogP contribution < -0.4 is 4.74 Å². The fourth-order valence-corrected chi connectivity index (χ4v) is 1.04. The quantitative estimate of drug-likeness (QED) is 0.750. The van der Waals surface area contributed by atoms with Crippen LogP contribution in [0.25, 0.3) is 0 Å². The minimum absolute atomic E-state index is 0.0563. The maximum Gasteiger partial charge on any atom is 0.392 e. The van der Waals surface area contributed by atoms with Crippen molar-refractivity contribution in [2.45, 2.75) is 19.5 Å². The van der Waals surface area contributed by atoms with Gasteiger partial charge in [-0.1, -0.05) is 0 Å². The molecule has 0 aliphatic heterocycles. The van der Waals surface area contributed by atoms with Crippen LogP contribution >= 0.6 is 0 Å². The number of rotatable bonds is 4. The van der Waals surface area contributed by atoms with Gasteiger partial charge in [0, 0.05) is 6.20 Å². The van der Waals surface area contributed by atoms with Crippen molar-refractivity contribution in [3.05, 3.63) is 23.9 Å². The molecule has 3 nitrogen and oxygen atoms in total. The lowest BCUT2D eigenvalue weighted by atomic mass is 10.2. The lowest BCUT2D eigenvalue weighted by molar-refractivity contribution is -0.139. The molecular weight excluding hydrogens is 223 g/mol. The number of pyridine rings is 1. The maximum absolute atomic E-state index is 11.9. The number of ether oxygens (including phenoxy) is 1. The lowest BCUT2D eigenvalue weighted by Gasteiger charge is -2.09. The standard InChI is InChI=1S/C10H10F3NO2/c1-7(15)8-3-2-5-14-9(8)16-6-4-10(11,12)13/h2-3,5H,4,6H2,1H3. The van der Waals surface area contributed by atoms with E-state index in [2.05, 4.69) is 4.98 Å². The summed E-state index contributed by atoms with van der Waals surface area (Å²) in [6.45, 7) is 0.758. The number of Topliss-reactive ketones (excluding diaryl/α,β-unsaturated/α-hetero) is 1. The largest absolute Gasteiger partial charge is 0.477 e. The van der Waals surface area contributed by atoms with Gasteiger partial charge in [0.2, 0.25) is 5.88 Å². The summed E-state index contributed by atoms with van der Waals surface area (Å²) in [6.07, 6.45) is -3.98. The highest BCUT2D eigenvalue weighted by Crippen LogP contribution is 2.21. The normalized spacial score (nSPS) is 11.2. The van der Waals surface area contributed by atoms with Crippen molar-refractivity contribution in [2.24, 2.45) is 0 Å². The molecule has 0 saturated heterocycles. The van der Waals surface area contributed by atoms with Crippen molar-refractivity contribution in [2.75, 3.05) is 6.61 Å². The Labute approximate surface area is 90.2 Å². The molecule has 88 valence electrons. The van der Waals surface area contributed by atoms with E-state index in [1.807, 2.05) is 0 Å². The summed E-state index contributed by atoms with van der Waals surface area (Å²) in [5.74, 6) is -0.352. The monoisotopic (exact) mass is 233 g/mol. The molecule has 0 spiro atoms. The second-order valence-corrected chi connectivity index (χ2v) is 3.13. The molecule has 0 bridgehead atoms. The van der Waals surface area contributed by atoms with Gasteiger partial charge in [-0.05, 0) is 19.1 Å². The van der Waals surface area contributed by atoms with Crippen LogP contribution in [0, 0.1) is 0 Å². The van der Waals surface area contributed by atoms with Crippen LogP contribution in [-0.2, 0) is 0 Å². The van der Waals surface area contributed by atoms with Gasteiger partial charge in [-0.15, -0.1) is 0 Å². The highest BCUT2D eigenvalue weighted by molar-refractivity contribution is 5.96. The summed E-state index contributed by atoms with van der Waals surface area (Å²) in [5, 5.41) is 0. The van der Waals surface area contributed by atoms with Gasteiger partial charge < -0.3 is 4.74 Å². The van der Waals surface area contributed by atoms with E-state index in [9.17, 15) is 18.0 Å². The first-order valence-electron chi connectivity index (χ1n) is 4.55. The highest BCUT2D eigenvalue weighted by Gasteiger charge is 2.27. The number of hydrogen-bond donors (Lipinski definition) is 0. The molecule has 0 amide bonds. The van der Waals surface area contributed by atoms with E-state index in [4.69, 9.17) is 4.74 Å². The van der Waals surface area contributed by atoms with E-state index < -0.39 is 19.2 Å². The Morgan fingerprint density at radius 1 is 1.50 bits per heavy atom. The van der Waals surface area contributed by atoms with E-state index in [-0.39, 0.29) is 17.2 Å². The fraction of sp³-hybridized carbons (Fsp3) is 0.400. The zero-order valence-electron chi connectivity index (χ0n) is 8.54. The molecule has 0 aliphatic rings. The SMILES string of the molecule is CC(=O)c1cccnc1OCCC(F)(F)F. The zero-order valence-corrected chi connectivity index (χ0v) is 8.54. The first kappa shape index (κ1) is 12.5. The van der Waals surface area contributed by atoms with Gasteiger partial charge in [-0.25, -0.2) is 4.98 Å². The second kappa shape index (κ2) is 4.96. The number of hydrogen-bond acceptors (Lipinski definition) is 3.